The van der Waals surface area contributed by atoms with Gasteiger partial charge in [0.25, 0.3) is 0 Å². The van der Waals surface area contributed by atoms with Crippen molar-refractivity contribution in [2.24, 2.45) is 4.99 Å². The van der Waals surface area contributed by atoms with Crippen LogP contribution >= 0.6 is 15.9 Å². The summed E-state index contributed by atoms with van der Waals surface area (Å²) in [5.41, 5.74) is 0. The van der Waals surface area contributed by atoms with Gasteiger partial charge in [0, 0.05) is 31.5 Å². The van der Waals surface area contributed by atoms with E-state index in [1.54, 1.807) is 6.08 Å². The van der Waals surface area contributed by atoms with Crippen LogP contribution in [-0.4, -0.2) is 53.7 Å². The van der Waals surface area contributed by atoms with Crippen molar-refractivity contribution in [3.63, 3.8) is 0 Å². The van der Waals surface area contributed by atoms with E-state index >= 15 is 0 Å². The Balaban J connectivity index is 2.45. The van der Waals surface area contributed by atoms with Crippen molar-refractivity contribution in [3.05, 3.63) is 25.2 Å². The van der Waals surface area contributed by atoms with Crippen molar-refractivity contribution >= 4 is 21.8 Å². The van der Waals surface area contributed by atoms with Crippen LogP contribution in [0.1, 0.15) is 6.42 Å². The van der Waals surface area contributed by atoms with Crippen molar-refractivity contribution in [1.29, 1.82) is 0 Å². The molecule has 17 heavy (non-hydrogen) atoms. The minimum Gasteiger partial charge on any atom is -0.354 e. The Kier molecular flexibility index (Phi) is 6.44. The van der Waals surface area contributed by atoms with E-state index in [0.29, 0.717) is 5.84 Å². The van der Waals surface area contributed by atoms with Gasteiger partial charge in [-0.15, -0.1) is 0 Å². The molecule has 0 amide bonds. The SMILES string of the molecule is C=C/C(=N\C(=C)F)N1CCN(CCCBr)CC1. The van der Waals surface area contributed by atoms with Crippen molar-refractivity contribution in [2.75, 3.05) is 38.1 Å². The zero-order valence-corrected chi connectivity index (χ0v) is 11.6. The molecule has 0 aromatic heterocycles. The van der Waals surface area contributed by atoms with E-state index in [0.717, 1.165) is 44.5 Å². The molecule has 1 rings (SSSR count). The van der Waals surface area contributed by atoms with E-state index in [2.05, 4.69) is 39.0 Å². The number of halogens is 2. The van der Waals surface area contributed by atoms with E-state index in [4.69, 9.17) is 0 Å². The highest BCUT2D eigenvalue weighted by molar-refractivity contribution is 9.09. The van der Waals surface area contributed by atoms with Gasteiger partial charge in [-0.2, -0.15) is 4.39 Å². The lowest BCUT2D eigenvalue weighted by Crippen LogP contribution is -2.48. The van der Waals surface area contributed by atoms with Crippen molar-refractivity contribution < 1.29 is 4.39 Å². The molecule has 0 aromatic rings. The molecular formula is C12H19BrFN3. The predicted molar refractivity (Wildman–Crippen MR) is 74.3 cm³/mol. The maximum Gasteiger partial charge on any atom is 0.207 e. The number of hydrogen-bond donors (Lipinski definition) is 0. The second-order valence-electron chi connectivity index (χ2n) is 3.92. The highest BCUT2D eigenvalue weighted by Crippen LogP contribution is 2.07. The van der Waals surface area contributed by atoms with Gasteiger partial charge in [-0.1, -0.05) is 22.5 Å². The van der Waals surface area contributed by atoms with E-state index < -0.39 is 5.95 Å². The zero-order valence-electron chi connectivity index (χ0n) is 10.0. The number of aliphatic imine (C=N–C) groups is 1. The number of rotatable bonds is 5. The average Bonchev–Trinajstić information content (AvgIpc) is 2.34. The monoisotopic (exact) mass is 303 g/mol. The van der Waals surface area contributed by atoms with Gasteiger partial charge < -0.3 is 4.90 Å². The van der Waals surface area contributed by atoms with Crippen molar-refractivity contribution in [3.8, 4) is 0 Å². The number of amidine groups is 1. The maximum atomic E-state index is 12.7. The molecule has 3 nitrogen and oxygen atoms in total. The predicted octanol–water partition coefficient (Wildman–Crippen LogP) is 2.41. The van der Waals surface area contributed by atoms with E-state index in [9.17, 15) is 4.39 Å². The Bertz CT molecular complexity index is 296. The second kappa shape index (κ2) is 7.61. The first-order valence-electron chi connectivity index (χ1n) is 5.76. The molecule has 0 atom stereocenters. The Morgan fingerprint density at radius 3 is 2.47 bits per heavy atom. The standard InChI is InChI=1S/C12H19BrFN3/c1-3-12(15-11(2)14)17-9-7-16(8-10-17)6-4-5-13/h3H,1-2,4-10H2/b15-12+. The smallest absolute Gasteiger partial charge is 0.207 e. The lowest BCUT2D eigenvalue weighted by molar-refractivity contribution is 0.183. The Morgan fingerprint density at radius 1 is 1.35 bits per heavy atom. The number of nitrogens with zero attached hydrogens (tertiary/aromatic N) is 3. The van der Waals surface area contributed by atoms with Gasteiger partial charge in [0.1, 0.15) is 5.84 Å². The Morgan fingerprint density at radius 2 is 2.00 bits per heavy atom. The van der Waals surface area contributed by atoms with Crippen molar-refractivity contribution in [2.45, 2.75) is 6.42 Å². The Hall–Kier alpha value is -0.680. The molecule has 96 valence electrons. The first kappa shape index (κ1) is 14.4. The maximum absolute atomic E-state index is 12.7. The molecule has 0 aromatic carbocycles. The highest BCUT2D eigenvalue weighted by atomic mass is 79.9. The topological polar surface area (TPSA) is 18.8 Å². The average molecular weight is 304 g/mol. The third-order valence-electron chi connectivity index (χ3n) is 2.72. The number of piperazine rings is 1. The molecule has 1 heterocycles. The molecule has 0 N–H and O–H groups in total. The third kappa shape index (κ3) is 5.00. The Labute approximate surface area is 111 Å². The van der Waals surface area contributed by atoms with Crippen LogP contribution in [0.4, 0.5) is 4.39 Å². The molecule has 5 heteroatoms. The zero-order chi connectivity index (χ0) is 12.7. The van der Waals surface area contributed by atoms with Gasteiger partial charge in [0.15, 0.2) is 0 Å². The van der Waals surface area contributed by atoms with Crippen LogP contribution in [0.5, 0.6) is 0 Å². The molecule has 1 aliphatic rings. The number of hydrogen-bond acceptors (Lipinski definition) is 2. The lowest BCUT2D eigenvalue weighted by atomic mass is 10.3. The minimum atomic E-state index is -0.665. The first-order valence-corrected chi connectivity index (χ1v) is 6.88. The number of alkyl halides is 1. The summed E-state index contributed by atoms with van der Waals surface area (Å²) in [5, 5.41) is 1.04. The largest absolute Gasteiger partial charge is 0.354 e. The third-order valence-corrected chi connectivity index (χ3v) is 3.28. The summed E-state index contributed by atoms with van der Waals surface area (Å²) < 4.78 is 12.7. The quantitative estimate of drug-likeness (QED) is 0.336. The van der Waals surface area contributed by atoms with E-state index in [-0.39, 0.29) is 0 Å². The van der Waals surface area contributed by atoms with Gasteiger partial charge in [0.05, 0.1) is 0 Å². The molecule has 1 saturated heterocycles. The summed E-state index contributed by atoms with van der Waals surface area (Å²) in [7, 11) is 0. The van der Waals surface area contributed by atoms with Gasteiger partial charge >= 0.3 is 0 Å². The molecule has 0 radical (unpaired) electrons. The normalized spacial score (nSPS) is 18.2. The summed E-state index contributed by atoms with van der Waals surface area (Å²) in [6.45, 7) is 11.6. The van der Waals surface area contributed by atoms with Gasteiger partial charge in [-0.25, -0.2) is 4.99 Å². The van der Waals surface area contributed by atoms with Crippen molar-refractivity contribution in [1.82, 2.24) is 9.80 Å². The fourth-order valence-corrected chi connectivity index (χ4v) is 2.10. The first-order chi connectivity index (χ1) is 8.17. The minimum absolute atomic E-state index is 0.581. The van der Waals surface area contributed by atoms with E-state index in [1.807, 2.05) is 4.90 Å². The van der Waals surface area contributed by atoms with Crippen LogP contribution in [0.3, 0.4) is 0 Å². The summed E-state index contributed by atoms with van der Waals surface area (Å²) in [4.78, 5) is 8.19. The summed E-state index contributed by atoms with van der Waals surface area (Å²) in [6.07, 6.45) is 2.74. The fourth-order valence-electron chi connectivity index (χ4n) is 1.85. The molecule has 1 aliphatic heterocycles. The fraction of sp³-hybridized carbons (Fsp3) is 0.583. The summed E-state index contributed by atoms with van der Waals surface area (Å²) in [6, 6.07) is 0. The molecule has 0 unspecified atom stereocenters. The second-order valence-corrected chi connectivity index (χ2v) is 4.71. The molecule has 0 bridgehead atoms. The molecular weight excluding hydrogens is 285 g/mol. The van der Waals surface area contributed by atoms with Gasteiger partial charge in [0.2, 0.25) is 5.95 Å². The molecule has 0 spiro atoms. The van der Waals surface area contributed by atoms with Crippen LogP contribution in [0, 0.1) is 0 Å². The summed E-state index contributed by atoms with van der Waals surface area (Å²) in [5.74, 6) is -0.0840. The van der Waals surface area contributed by atoms with Crippen LogP contribution in [-0.2, 0) is 0 Å². The van der Waals surface area contributed by atoms with Crippen LogP contribution in [0.2, 0.25) is 0 Å². The van der Waals surface area contributed by atoms with E-state index in [1.165, 1.54) is 0 Å². The molecule has 0 aliphatic carbocycles. The van der Waals surface area contributed by atoms with Crippen LogP contribution in [0.15, 0.2) is 30.2 Å². The molecule has 1 fully saturated rings. The summed E-state index contributed by atoms with van der Waals surface area (Å²) >= 11 is 3.43. The van der Waals surface area contributed by atoms with Gasteiger partial charge in [-0.3, -0.25) is 4.90 Å². The van der Waals surface area contributed by atoms with Gasteiger partial charge in [-0.05, 0) is 25.6 Å². The lowest BCUT2D eigenvalue weighted by Gasteiger charge is -2.35. The van der Waals surface area contributed by atoms with Crippen LogP contribution in [0.25, 0.3) is 0 Å². The van der Waals surface area contributed by atoms with Crippen LogP contribution < -0.4 is 0 Å². The highest BCUT2D eigenvalue weighted by Gasteiger charge is 2.17. The molecule has 0 saturated carbocycles.